The van der Waals surface area contributed by atoms with Gasteiger partial charge in [0, 0.05) is 5.69 Å². The third kappa shape index (κ3) is 3.64. The van der Waals surface area contributed by atoms with E-state index >= 15 is 0 Å². The number of aromatic nitrogens is 1. The molecule has 5 nitrogen and oxygen atoms in total. The number of aromatic carboxylic acids is 1. The van der Waals surface area contributed by atoms with E-state index in [2.05, 4.69) is 15.0 Å². The molecule has 7 heteroatoms. The molecule has 0 bridgehead atoms. The number of benzene rings is 1. The largest absolute Gasteiger partial charge is 0.477 e. The van der Waals surface area contributed by atoms with E-state index < -0.39 is 12.6 Å². The fraction of sp³-hybridized carbons (Fsp3) is 0.0769. The third-order valence-corrected chi connectivity index (χ3v) is 2.32. The molecule has 0 aliphatic heterocycles. The van der Waals surface area contributed by atoms with E-state index in [9.17, 15) is 13.6 Å². The van der Waals surface area contributed by atoms with Crippen LogP contribution >= 0.6 is 0 Å². The van der Waals surface area contributed by atoms with Crippen molar-refractivity contribution in [2.45, 2.75) is 6.61 Å². The molecule has 2 rings (SSSR count). The van der Waals surface area contributed by atoms with Crippen LogP contribution in [0.5, 0.6) is 5.75 Å². The van der Waals surface area contributed by atoms with Crippen molar-refractivity contribution in [2.24, 2.45) is 0 Å². The van der Waals surface area contributed by atoms with Crippen LogP contribution in [-0.4, -0.2) is 22.7 Å². The highest BCUT2D eigenvalue weighted by molar-refractivity contribution is 5.85. The van der Waals surface area contributed by atoms with E-state index in [4.69, 9.17) is 5.11 Å². The highest BCUT2D eigenvalue weighted by Crippen LogP contribution is 2.20. The summed E-state index contributed by atoms with van der Waals surface area (Å²) in [5.41, 5.74) is 0.481. The average Bonchev–Trinajstić information content (AvgIpc) is 2.41. The highest BCUT2D eigenvalue weighted by Gasteiger charge is 2.06. The van der Waals surface area contributed by atoms with Crippen LogP contribution in [0.1, 0.15) is 10.5 Å². The van der Waals surface area contributed by atoms with Gasteiger partial charge in [-0.3, -0.25) is 0 Å². The number of halogens is 2. The Balaban J connectivity index is 2.10. The summed E-state index contributed by atoms with van der Waals surface area (Å²) in [7, 11) is 0. The third-order valence-electron chi connectivity index (χ3n) is 2.32. The Morgan fingerprint density at radius 2 is 1.90 bits per heavy atom. The van der Waals surface area contributed by atoms with Crippen molar-refractivity contribution in [1.29, 1.82) is 0 Å². The molecule has 0 aliphatic rings. The number of nitrogens with zero attached hydrogens (tertiary/aromatic N) is 1. The van der Waals surface area contributed by atoms with Crippen LogP contribution in [0.4, 0.5) is 20.3 Å². The number of pyridine rings is 1. The SMILES string of the molecule is O=C(O)c1cccc(Nc2ccc(OC(F)F)cc2)n1. The first kappa shape index (κ1) is 13.7. The van der Waals surface area contributed by atoms with Crippen molar-refractivity contribution in [3.63, 3.8) is 0 Å². The fourth-order valence-corrected chi connectivity index (χ4v) is 1.49. The van der Waals surface area contributed by atoms with Crippen LogP contribution in [-0.2, 0) is 0 Å². The molecule has 2 N–H and O–H groups in total. The topological polar surface area (TPSA) is 71.5 Å². The molecule has 104 valence electrons. The van der Waals surface area contributed by atoms with E-state index in [-0.39, 0.29) is 11.4 Å². The fourth-order valence-electron chi connectivity index (χ4n) is 1.49. The van der Waals surface area contributed by atoms with Crippen LogP contribution in [0.3, 0.4) is 0 Å². The Hall–Kier alpha value is -2.70. The Bertz CT molecular complexity index is 603. The number of rotatable bonds is 5. The Kier molecular flexibility index (Phi) is 4.09. The van der Waals surface area contributed by atoms with Gasteiger partial charge >= 0.3 is 12.6 Å². The Morgan fingerprint density at radius 1 is 1.20 bits per heavy atom. The normalized spacial score (nSPS) is 10.3. The van der Waals surface area contributed by atoms with E-state index in [1.54, 1.807) is 12.1 Å². The van der Waals surface area contributed by atoms with Crippen LogP contribution in [0.25, 0.3) is 0 Å². The molecule has 0 aliphatic carbocycles. The van der Waals surface area contributed by atoms with Crippen LogP contribution in [0.2, 0.25) is 0 Å². The van der Waals surface area contributed by atoms with Gasteiger partial charge in [0.1, 0.15) is 11.6 Å². The van der Waals surface area contributed by atoms with Gasteiger partial charge in [0.25, 0.3) is 0 Å². The molecule has 0 spiro atoms. The lowest BCUT2D eigenvalue weighted by molar-refractivity contribution is -0.0498. The van der Waals surface area contributed by atoms with Gasteiger partial charge in [0.2, 0.25) is 0 Å². The number of carboxylic acid groups (broad SMARTS) is 1. The monoisotopic (exact) mass is 280 g/mol. The van der Waals surface area contributed by atoms with Gasteiger partial charge in [-0.05, 0) is 36.4 Å². The van der Waals surface area contributed by atoms with Crippen molar-refractivity contribution in [2.75, 3.05) is 5.32 Å². The molecule has 1 aromatic heterocycles. The number of nitrogens with one attached hydrogen (secondary N) is 1. The molecule has 0 saturated carbocycles. The maximum atomic E-state index is 12.0. The van der Waals surface area contributed by atoms with Crippen molar-refractivity contribution >= 4 is 17.5 Å². The van der Waals surface area contributed by atoms with Crippen molar-refractivity contribution in [3.05, 3.63) is 48.2 Å². The number of ether oxygens (including phenoxy) is 1. The summed E-state index contributed by atoms with van der Waals surface area (Å²) >= 11 is 0. The predicted octanol–water partition coefficient (Wildman–Crippen LogP) is 3.12. The second-order valence-corrected chi connectivity index (χ2v) is 3.74. The zero-order chi connectivity index (χ0) is 14.5. The average molecular weight is 280 g/mol. The summed E-state index contributed by atoms with van der Waals surface area (Å²) in [6.45, 7) is -2.87. The molecule has 2 aromatic rings. The van der Waals surface area contributed by atoms with Crippen LogP contribution in [0, 0.1) is 0 Å². The van der Waals surface area contributed by atoms with Gasteiger partial charge in [-0.2, -0.15) is 8.78 Å². The lowest BCUT2D eigenvalue weighted by Gasteiger charge is -2.08. The molecule has 0 radical (unpaired) electrons. The number of alkyl halides is 2. The number of carbonyl (C=O) groups is 1. The lowest BCUT2D eigenvalue weighted by atomic mass is 10.3. The molecule has 0 atom stereocenters. The maximum absolute atomic E-state index is 12.0. The van der Waals surface area contributed by atoms with E-state index in [0.717, 1.165) is 0 Å². The summed E-state index contributed by atoms with van der Waals surface area (Å²) in [5, 5.41) is 11.7. The quantitative estimate of drug-likeness (QED) is 0.880. The molecule has 0 amide bonds. The van der Waals surface area contributed by atoms with Gasteiger partial charge in [0.05, 0.1) is 0 Å². The van der Waals surface area contributed by atoms with E-state index in [1.165, 1.54) is 30.3 Å². The predicted molar refractivity (Wildman–Crippen MR) is 67.6 cm³/mol. The molecule has 1 heterocycles. The summed E-state index contributed by atoms with van der Waals surface area (Å²) in [4.78, 5) is 14.7. The maximum Gasteiger partial charge on any atom is 0.387 e. The second kappa shape index (κ2) is 5.96. The smallest absolute Gasteiger partial charge is 0.387 e. The van der Waals surface area contributed by atoms with Crippen molar-refractivity contribution in [3.8, 4) is 5.75 Å². The minimum Gasteiger partial charge on any atom is -0.477 e. The van der Waals surface area contributed by atoms with E-state index in [1.807, 2.05) is 0 Å². The zero-order valence-electron chi connectivity index (χ0n) is 10.1. The molecule has 1 aromatic carbocycles. The lowest BCUT2D eigenvalue weighted by Crippen LogP contribution is -2.03. The number of carboxylic acids is 1. The first-order valence-electron chi connectivity index (χ1n) is 5.57. The molecule has 0 unspecified atom stereocenters. The summed E-state index contributed by atoms with van der Waals surface area (Å²) in [6.07, 6.45) is 0. The van der Waals surface area contributed by atoms with Gasteiger partial charge < -0.3 is 15.2 Å². The minimum atomic E-state index is -2.87. The number of hydrogen-bond donors (Lipinski definition) is 2. The molecule has 0 saturated heterocycles. The van der Waals surface area contributed by atoms with Crippen molar-refractivity contribution in [1.82, 2.24) is 4.98 Å². The molecule has 0 fully saturated rings. The molecular weight excluding hydrogens is 270 g/mol. The first-order chi connectivity index (χ1) is 9.54. The molecular formula is C13H10F2N2O3. The standard InChI is InChI=1S/C13H10F2N2O3/c14-13(15)20-9-6-4-8(5-7-9)16-11-3-1-2-10(17-11)12(18)19/h1-7,13H,(H,16,17)(H,18,19). The highest BCUT2D eigenvalue weighted by atomic mass is 19.3. The zero-order valence-corrected chi connectivity index (χ0v) is 10.1. The summed E-state index contributed by atoms with van der Waals surface area (Å²) in [5.74, 6) is -0.750. The first-order valence-corrected chi connectivity index (χ1v) is 5.57. The number of hydrogen-bond acceptors (Lipinski definition) is 4. The summed E-state index contributed by atoms with van der Waals surface area (Å²) < 4.78 is 28.2. The van der Waals surface area contributed by atoms with Gasteiger partial charge in [-0.25, -0.2) is 9.78 Å². The van der Waals surface area contributed by atoms with E-state index in [0.29, 0.717) is 11.5 Å². The Morgan fingerprint density at radius 3 is 2.50 bits per heavy atom. The van der Waals surface area contributed by atoms with Gasteiger partial charge in [-0.1, -0.05) is 6.07 Å². The van der Waals surface area contributed by atoms with Gasteiger partial charge in [-0.15, -0.1) is 0 Å². The Labute approximate surface area is 112 Å². The second-order valence-electron chi connectivity index (χ2n) is 3.74. The van der Waals surface area contributed by atoms with Crippen LogP contribution < -0.4 is 10.1 Å². The summed E-state index contributed by atoms with van der Waals surface area (Å²) in [6, 6.07) is 10.3. The van der Waals surface area contributed by atoms with Gasteiger partial charge in [0.15, 0.2) is 5.69 Å². The van der Waals surface area contributed by atoms with Crippen molar-refractivity contribution < 1.29 is 23.4 Å². The molecule has 20 heavy (non-hydrogen) atoms. The number of anilines is 2. The van der Waals surface area contributed by atoms with Crippen LogP contribution in [0.15, 0.2) is 42.5 Å². The minimum absolute atomic E-state index is 0.0396.